The van der Waals surface area contributed by atoms with Crippen LogP contribution in [0.25, 0.3) is 0 Å². The summed E-state index contributed by atoms with van der Waals surface area (Å²) in [5, 5.41) is 0.631. The highest BCUT2D eigenvalue weighted by molar-refractivity contribution is 6.30. The molecule has 1 aliphatic heterocycles. The van der Waals surface area contributed by atoms with Gasteiger partial charge in [0.05, 0.1) is 6.61 Å². The number of amides is 2. The molecule has 142 valence electrons. The Labute approximate surface area is 164 Å². The topological polar surface area (TPSA) is 72.6 Å². The first kappa shape index (κ1) is 19.2. The van der Waals surface area contributed by atoms with Crippen LogP contribution < -0.4 is 10.5 Å². The van der Waals surface area contributed by atoms with Gasteiger partial charge in [-0.05, 0) is 49.2 Å². The highest BCUT2D eigenvalue weighted by Crippen LogP contribution is 2.35. The van der Waals surface area contributed by atoms with Gasteiger partial charge in [-0.1, -0.05) is 29.8 Å². The number of carbonyl (C=O) groups is 2. The Morgan fingerprint density at radius 2 is 1.81 bits per heavy atom. The van der Waals surface area contributed by atoms with Gasteiger partial charge in [0.25, 0.3) is 5.91 Å². The Morgan fingerprint density at radius 3 is 2.48 bits per heavy atom. The van der Waals surface area contributed by atoms with Gasteiger partial charge >= 0.3 is 0 Å². The second-order valence-electron chi connectivity index (χ2n) is 7.08. The number of hydrogen-bond acceptors (Lipinski definition) is 3. The van der Waals surface area contributed by atoms with Gasteiger partial charge in [0.15, 0.2) is 0 Å². The lowest BCUT2D eigenvalue weighted by Gasteiger charge is -2.42. The molecule has 1 aliphatic rings. The van der Waals surface area contributed by atoms with Crippen LogP contribution in [0.3, 0.4) is 0 Å². The summed E-state index contributed by atoms with van der Waals surface area (Å²) in [5.74, 6) is 0.258. The Balaban J connectivity index is 1.75. The first-order chi connectivity index (χ1) is 13.0. The van der Waals surface area contributed by atoms with Crippen molar-refractivity contribution in [2.75, 3.05) is 19.7 Å². The molecule has 0 aromatic heterocycles. The smallest absolute Gasteiger partial charge is 0.253 e. The number of rotatable bonds is 6. The fraction of sp³-hybridized carbons (Fsp3) is 0.333. The Kier molecular flexibility index (Phi) is 6.01. The minimum atomic E-state index is -0.492. The summed E-state index contributed by atoms with van der Waals surface area (Å²) in [6.07, 6.45) is 1.76. The van der Waals surface area contributed by atoms with E-state index in [0.29, 0.717) is 36.0 Å². The molecule has 5 nitrogen and oxygen atoms in total. The largest absolute Gasteiger partial charge is 0.493 e. The molecule has 0 bridgehead atoms. The number of halogens is 1. The molecule has 0 radical (unpaired) electrons. The van der Waals surface area contributed by atoms with Crippen LogP contribution >= 0.6 is 11.6 Å². The molecule has 0 aliphatic carbocycles. The van der Waals surface area contributed by atoms with Gasteiger partial charge in [-0.25, -0.2) is 0 Å². The van der Waals surface area contributed by atoms with Gasteiger partial charge in [0.1, 0.15) is 5.75 Å². The van der Waals surface area contributed by atoms with Crippen molar-refractivity contribution in [2.45, 2.75) is 19.3 Å². The maximum Gasteiger partial charge on any atom is 0.253 e. The predicted octanol–water partition coefficient (Wildman–Crippen LogP) is 3.52. The molecule has 1 atom stereocenters. The highest BCUT2D eigenvalue weighted by atomic mass is 35.5. The van der Waals surface area contributed by atoms with Crippen molar-refractivity contribution in [2.24, 2.45) is 11.1 Å². The van der Waals surface area contributed by atoms with E-state index in [1.54, 1.807) is 41.3 Å². The lowest BCUT2D eigenvalue weighted by Crippen LogP contribution is -2.50. The fourth-order valence-electron chi connectivity index (χ4n) is 3.59. The van der Waals surface area contributed by atoms with Gasteiger partial charge in [-0.15, -0.1) is 0 Å². The number of likely N-dealkylation sites (tertiary alicyclic amines) is 1. The molecule has 2 N–H and O–H groups in total. The second kappa shape index (κ2) is 8.44. The number of nitrogens with zero attached hydrogens (tertiary/aromatic N) is 1. The van der Waals surface area contributed by atoms with E-state index in [2.05, 4.69) is 0 Å². The molecule has 2 amide bonds. The van der Waals surface area contributed by atoms with Gasteiger partial charge < -0.3 is 15.4 Å². The van der Waals surface area contributed by atoms with Crippen molar-refractivity contribution in [1.82, 2.24) is 4.90 Å². The van der Waals surface area contributed by atoms with E-state index < -0.39 is 5.41 Å². The minimum Gasteiger partial charge on any atom is -0.493 e. The normalized spacial score (nSPS) is 19.5. The van der Waals surface area contributed by atoms with E-state index in [1.165, 1.54) is 0 Å². The predicted molar refractivity (Wildman–Crippen MR) is 105 cm³/mol. The van der Waals surface area contributed by atoms with Crippen LogP contribution in [0.1, 0.15) is 29.6 Å². The van der Waals surface area contributed by atoms with Crippen LogP contribution in [0.15, 0.2) is 54.6 Å². The average Bonchev–Trinajstić information content (AvgIpc) is 2.67. The zero-order valence-electron chi connectivity index (χ0n) is 15.1. The molecule has 2 aromatic rings. The van der Waals surface area contributed by atoms with E-state index in [9.17, 15) is 9.59 Å². The van der Waals surface area contributed by atoms with Gasteiger partial charge in [-0.3, -0.25) is 9.59 Å². The van der Waals surface area contributed by atoms with Crippen LogP contribution in [-0.4, -0.2) is 36.4 Å². The quantitative estimate of drug-likeness (QED) is 0.825. The number of piperidine rings is 1. The SMILES string of the molecule is NC(=O)C[C@]1(COc2ccc(Cl)cc2)CCCN(C(=O)c2ccccc2)C1. The van der Waals surface area contributed by atoms with Crippen LogP contribution in [0, 0.1) is 5.41 Å². The number of nitrogens with two attached hydrogens (primary N) is 1. The molecule has 27 heavy (non-hydrogen) atoms. The van der Waals surface area contributed by atoms with E-state index in [4.69, 9.17) is 22.1 Å². The summed E-state index contributed by atoms with van der Waals surface area (Å²) in [6.45, 7) is 1.42. The first-order valence-corrected chi connectivity index (χ1v) is 9.36. The zero-order valence-corrected chi connectivity index (χ0v) is 15.8. The number of primary amides is 1. The molecule has 1 heterocycles. The van der Waals surface area contributed by atoms with Gasteiger partial charge in [0, 0.05) is 35.5 Å². The lowest BCUT2D eigenvalue weighted by molar-refractivity contribution is -0.122. The number of carbonyl (C=O) groups excluding carboxylic acids is 2. The van der Waals surface area contributed by atoms with Crippen molar-refractivity contribution in [1.29, 1.82) is 0 Å². The van der Waals surface area contributed by atoms with Gasteiger partial charge in [0.2, 0.25) is 5.91 Å². The summed E-state index contributed by atoms with van der Waals surface area (Å²) in [7, 11) is 0. The van der Waals surface area contributed by atoms with Crippen molar-refractivity contribution >= 4 is 23.4 Å². The van der Waals surface area contributed by atoms with E-state index in [0.717, 1.165) is 12.8 Å². The van der Waals surface area contributed by atoms with E-state index in [-0.39, 0.29) is 18.2 Å². The first-order valence-electron chi connectivity index (χ1n) is 8.98. The molecular formula is C21H23ClN2O3. The maximum absolute atomic E-state index is 12.8. The molecule has 0 spiro atoms. The van der Waals surface area contributed by atoms with Crippen molar-refractivity contribution in [3.8, 4) is 5.75 Å². The second-order valence-corrected chi connectivity index (χ2v) is 7.52. The summed E-state index contributed by atoms with van der Waals surface area (Å²) >= 11 is 5.91. The van der Waals surface area contributed by atoms with Crippen molar-refractivity contribution in [3.63, 3.8) is 0 Å². The Bertz CT molecular complexity index is 795. The number of ether oxygens (including phenoxy) is 1. The van der Waals surface area contributed by atoms with Crippen LogP contribution in [0.5, 0.6) is 5.75 Å². The van der Waals surface area contributed by atoms with E-state index >= 15 is 0 Å². The molecule has 2 aromatic carbocycles. The third-order valence-corrected chi connectivity index (χ3v) is 5.13. The van der Waals surface area contributed by atoms with Crippen LogP contribution in [0.4, 0.5) is 0 Å². The minimum absolute atomic E-state index is 0.0318. The van der Waals surface area contributed by atoms with Crippen LogP contribution in [-0.2, 0) is 4.79 Å². The molecular weight excluding hydrogens is 364 g/mol. The summed E-state index contributed by atoms with van der Waals surface area (Å²) in [6, 6.07) is 16.3. The van der Waals surface area contributed by atoms with Crippen molar-refractivity contribution < 1.29 is 14.3 Å². The fourth-order valence-corrected chi connectivity index (χ4v) is 3.72. The maximum atomic E-state index is 12.8. The Morgan fingerprint density at radius 1 is 1.11 bits per heavy atom. The summed E-state index contributed by atoms with van der Waals surface area (Å²) < 4.78 is 5.93. The lowest BCUT2D eigenvalue weighted by atomic mass is 9.77. The van der Waals surface area contributed by atoms with E-state index in [1.807, 2.05) is 18.2 Å². The zero-order chi connectivity index (χ0) is 19.3. The third kappa shape index (κ3) is 5.01. The van der Waals surface area contributed by atoms with Crippen molar-refractivity contribution in [3.05, 3.63) is 65.2 Å². The molecule has 0 unspecified atom stereocenters. The molecule has 3 rings (SSSR count). The summed E-state index contributed by atoms with van der Waals surface area (Å²) in [4.78, 5) is 26.4. The molecule has 6 heteroatoms. The van der Waals surface area contributed by atoms with Gasteiger partial charge in [-0.2, -0.15) is 0 Å². The standard InChI is InChI=1S/C21H23ClN2O3/c22-17-7-9-18(10-8-17)27-15-21(13-19(23)25)11-4-12-24(14-21)20(26)16-5-2-1-3-6-16/h1-3,5-10H,4,11-15H2,(H2,23,25)/t21-/m1/s1. The van der Waals surface area contributed by atoms with Crippen LogP contribution in [0.2, 0.25) is 5.02 Å². The molecule has 1 saturated heterocycles. The third-order valence-electron chi connectivity index (χ3n) is 4.88. The monoisotopic (exact) mass is 386 g/mol. The molecule has 1 fully saturated rings. The molecule has 0 saturated carbocycles. The average molecular weight is 387 g/mol. The summed E-state index contributed by atoms with van der Waals surface area (Å²) in [5.41, 5.74) is 5.67. The highest BCUT2D eigenvalue weighted by Gasteiger charge is 2.39. The number of hydrogen-bond donors (Lipinski definition) is 1. The Hall–Kier alpha value is -2.53. The number of benzene rings is 2.